The average Bonchev–Trinajstić information content (AvgIpc) is 3.31. The number of benzene rings is 2. The van der Waals surface area contributed by atoms with Crippen LogP contribution in [0.5, 0.6) is 11.5 Å². The first-order valence-electron chi connectivity index (χ1n) is 10.2. The number of rotatable bonds is 9. The van der Waals surface area contributed by atoms with Crippen molar-refractivity contribution in [1.29, 1.82) is 0 Å². The highest BCUT2D eigenvalue weighted by atomic mass is 16.5. The number of carbonyl (C=O) groups is 2. The molecule has 3 rings (SSSR count). The fourth-order valence-corrected chi connectivity index (χ4v) is 2.87. The van der Waals surface area contributed by atoms with E-state index in [4.69, 9.17) is 13.9 Å². The largest absolute Gasteiger partial charge is 0.493 e. The molecule has 3 aromatic rings. The molecule has 1 aromatic heterocycles. The second-order valence-electron chi connectivity index (χ2n) is 7.23. The van der Waals surface area contributed by atoms with Gasteiger partial charge in [0.2, 0.25) is 0 Å². The molecule has 166 valence electrons. The monoisotopic (exact) mass is 434 g/mol. The Balaban J connectivity index is 1.68. The predicted molar refractivity (Wildman–Crippen MR) is 121 cm³/mol. The maximum atomic E-state index is 12.9. The number of nitrogens with one attached hydrogen (secondary N) is 2. The molecule has 0 unspecified atom stereocenters. The summed E-state index contributed by atoms with van der Waals surface area (Å²) < 4.78 is 16.3. The maximum absolute atomic E-state index is 12.9. The summed E-state index contributed by atoms with van der Waals surface area (Å²) in [6, 6.07) is 17.4. The number of amides is 2. The Morgan fingerprint density at radius 3 is 2.41 bits per heavy atom. The minimum atomic E-state index is -0.460. The van der Waals surface area contributed by atoms with Crippen molar-refractivity contribution in [3.05, 3.63) is 89.5 Å². The highest BCUT2D eigenvalue weighted by molar-refractivity contribution is 6.05. The molecule has 0 fully saturated rings. The number of ether oxygens (including phenoxy) is 2. The molecule has 0 radical (unpaired) electrons. The summed E-state index contributed by atoms with van der Waals surface area (Å²) in [6.07, 6.45) is 2.97. The molecule has 1 atom stereocenters. The molecule has 0 saturated carbocycles. The first-order chi connectivity index (χ1) is 15.5. The smallest absolute Gasteiger partial charge is 0.268 e. The number of para-hydroxylation sites is 2. The van der Waals surface area contributed by atoms with Crippen molar-refractivity contribution in [2.45, 2.75) is 19.9 Å². The Hall–Kier alpha value is -4.00. The summed E-state index contributed by atoms with van der Waals surface area (Å²) in [4.78, 5) is 25.6. The van der Waals surface area contributed by atoms with E-state index in [2.05, 4.69) is 10.6 Å². The molecule has 0 bridgehead atoms. The molecule has 0 aliphatic carbocycles. The highest BCUT2D eigenvalue weighted by Crippen LogP contribution is 2.25. The Morgan fingerprint density at radius 2 is 1.75 bits per heavy atom. The molecule has 0 aliphatic heterocycles. The van der Waals surface area contributed by atoms with Crippen LogP contribution in [0.3, 0.4) is 0 Å². The molecule has 7 heteroatoms. The summed E-state index contributed by atoms with van der Waals surface area (Å²) in [5.74, 6) is 0.774. The van der Waals surface area contributed by atoms with Gasteiger partial charge in [-0.05, 0) is 50.2 Å². The van der Waals surface area contributed by atoms with E-state index in [9.17, 15) is 9.59 Å². The first kappa shape index (κ1) is 22.7. The molecular formula is C25H26N2O5. The predicted octanol–water partition coefficient (Wildman–Crippen LogP) is 3.95. The van der Waals surface area contributed by atoms with Gasteiger partial charge in [0.05, 0.1) is 19.4 Å². The van der Waals surface area contributed by atoms with Gasteiger partial charge in [0.1, 0.15) is 18.1 Å². The summed E-state index contributed by atoms with van der Waals surface area (Å²) in [6.45, 7) is 3.96. The van der Waals surface area contributed by atoms with Crippen LogP contribution in [0.4, 0.5) is 0 Å². The van der Waals surface area contributed by atoms with Gasteiger partial charge in [-0.15, -0.1) is 0 Å². The standard InChI is InChI=1S/C25H26N2O5/c1-17-10-12-19(13-11-17)24(28)27-21(15-20-7-6-14-31-20)25(29)26-18(2)16-32-23-9-5-4-8-22(23)30-3/h4-15,18H,16H2,1-3H3,(H,26,29)(H,27,28)/b21-15-/t18-/m1/s1. The zero-order valence-corrected chi connectivity index (χ0v) is 18.3. The van der Waals surface area contributed by atoms with Crippen LogP contribution in [0.1, 0.15) is 28.6 Å². The number of hydrogen-bond acceptors (Lipinski definition) is 5. The molecule has 2 amide bonds. The van der Waals surface area contributed by atoms with Crippen LogP contribution in [-0.2, 0) is 4.79 Å². The molecule has 1 heterocycles. The van der Waals surface area contributed by atoms with Crippen molar-refractivity contribution >= 4 is 17.9 Å². The van der Waals surface area contributed by atoms with E-state index < -0.39 is 11.8 Å². The summed E-state index contributed by atoms with van der Waals surface area (Å²) in [5.41, 5.74) is 1.55. The Morgan fingerprint density at radius 1 is 1.03 bits per heavy atom. The van der Waals surface area contributed by atoms with E-state index in [1.165, 1.54) is 12.3 Å². The van der Waals surface area contributed by atoms with Crippen molar-refractivity contribution in [3.63, 3.8) is 0 Å². The van der Waals surface area contributed by atoms with E-state index in [0.717, 1.165) is 5.56 Å². The first-order valence-corrected chi connectivity index (χ1v) is 10.2. The lowest BCUT2D eigenvalue weighted by Crippen LogP contribution is -2.41. The second-order valence-corrected chi connectivity index (χ2v) is 7.23. The van der Waals surface area contributed by atoms with Gasteiger partial charge < -0.3 is 24.5 Å². The lowest BCUT2D eigenvalue weighted by atomic mass is 10.1. The van der Waals surface area contributed by atoms with Gasteiger partial charge in [0.25, 0.3) is 11.8 Å². The van der Waals surface area contributed by atoms with Gasteiger partial charge >= 0.3 is 0 Å². The second kappa shape index (κ2) is 10.9. The van der Waals surface area contributed by atoms with E-state index in [1.54, 1.807) is 50.4 Å². The Kier molecular flexibility index (Phi) is 7.70. The van der Waals surface area contributed by atoms with Gasteiger partial charge in [-0.2, -0.15) is 0 Å². The quantitative estimate of drug-likeness (QED) is 0.498. The average molecular weight is 434 g/mol. The van der Waals surface area contributed by atoms with Crippen molar-refractivity contribution in [3.8, 4) is 11.5 Å². The Labute approximate surface area is 187 Å². The molecule has 0 saturated heterocycles. The van der Waals surface area contributed by atoms with E-state index in [-0.39, 0.29) is 18.3 Å². The lowest BCUT2D eigenvalue weighted by molar-refractivity contribution is -0.118. The normalized spacial score (nSPS) is 12.0. The topological polar surface area (TPSA) is 89.8 Å². The van der Waals surface area contributed by atoms with Crippen molar-refractivity contribution in [1.82, 2.24) is 10.6 Å². The van der Waals surface area contributed by atoms with Crippen LogP contribution < -0.4 is 20.1 Å². The number of hydrogen-bond donors (Lipinski definition) is 2. The third-order valence-corrected chi connectivity index (χ3v) is 4.57. The van der Waals surface area contributed by atoms with Crippen LogP contribution in [-0.4, -0.2) is 31.6 Å². The molecule has 2 N–H and O–H groups in total. The fourth-order valence-electron chi connectivity index (χ4n) is 2.87. The van der Waals surface area contributed by atoms with E-state index in [1.807, 2.05) is 31.2 Å². The van der Waals surface area contributed by atoms with Crippen molar-refractivity contribution < 1.29 is 23.5 Å². The van der Waals surface area contributed by atoms with Crippen molar-refractivity contribution in [2.75, 3.05) is 13.7 Å². The van der Waals surface area contributed by atoms with Crippen LogP contribution in [0.25, 0.3) is 6.08 Å². The minimum Gasteiger partial charge on any atom is -0.493 e. The molecule has 0 spiro atoms. The van der Waals surface area contributed by atoms with Gasteiger partial charge in [-0.1, -0.05) is 29.8 Å². The molecule has 0 aliphatic rings. The highest BCUT2D eigenvalue weighted by Gasteiger charge is 2.18. The summed E-state index contributed by atoms with van der Waals surface area (Å²) >= 11 is 0. The van der Waals surface area contributed by atoms with Crippen LogP contribution >= 0.6 is 0 Å². The van der Waals surface area contributed by atoms with Gasteiger partial charge in [-0.3, -0.25) is 9.59 Å². The number of methoxy groups -OCH3 is 1. The van der Waals surface area contributed by atoms with E-state index in [0.29, 0.717) is 22.8 Å². The Bertz CT molecular complexity index is 1070. The number of furan rings is 1. The van der Waals surface area contributed by atoms with Crippen molar-refractivity contribution in [2.24, 2.45) is 0 Å². The minimum absolute atomic E-state index is 0.0645. The molecule has 2 aromatic carbocycles. The fraction of sp³-hybridized carbons (Fsp3) is 0.200. The zero-order chi connectivity index (χ0) is 22.9. The van der Waals surface area contributed by atoms with Gasteiger partial charge in [-0.25, -0.2) is 0 Å². The lowest BCUT2D eigenvalue weighted by Gasteiger charge is -2.18. The van der Waals surface area contributed by atoms with Gasteiger partial charge in [0.15, 0.2) is 11.5 Å². The SMILES string of the molecule is COc1ccccc1OC[C@@H](C)NC(=O)/C(=C/c1ccco1)NC(=O)c1ccc(C)cc1. The maximum Gasteiger partial charge on any atom is 0.268 e. The molecular weight excluding hydrogens is 408 g/mol. The summed E-state index contributed by atoms with van der Waals surface area (Å²) in [5, 5.41) is 5.51. The third-order valence-electron chi connectivity index (χ3n) is 4.57. The van der Waals surface area contributed by atoms with Crippen LogP contribution in [0.15, 0.2) is 77.0 Å². The van der Waals surface area contributed by atoms with Crippen LogP contribution in [0, 0.1) is 6.92 Å². The van der Waals surface area contributed by atoms with E-state index >= 15 is 0 Å². The number of aryl methyl sites for hydroxylation is 1. The molecule has 32 heavy (non-hydrogen) atoms. The zero-order valence-electron chi connectivity index (χ0n) is 18.3. The third kappa shape index (κ3) is 6.25. The van der Waals surface area contributed by atoms with Crippen LogP contribution in [0.2, 0.25) is 0 Å². The molecule has 7 nitrogen and oxygen atoms in total. The van der Waals surface area contributed by atoms with Gasteiger partial charge in [0, 0.05) is 11.6 Å². The summed E-state index contributed by atoms with van der Waals surface area (Å²) in [7, 11) is 1.57. The number of carbonyl (C=O) groups excluding carboxylic acids is 2.